The van der Waals surface area contributed by atoms with Gasteiger partial charge in [-0.05, 0) is 26.2 Å². The van der Waals surface area contributed by atoms with Crippen LogP contribution in [0, 0.1) is 17.0 Å². The number of nitro groups is 1. The van der Waals surface area contributed by atoms with E-state index in [4.69, 9.17) is 5.73 Å². The van der Waals surface area contributed by atoms with Crippen LogP contribution in [0.2, 0.25) is 0 Å². The summed E-state index contributed by atoms with van der Waals surface area (Å²) in [7, 11) is 0. The zero-order valence-corrected chi connectivity index (χ0v) is 12.6. The lowest BCUT2D eigenvalue weighted by Crippen LogP contribution is -2.47. The van der Waals surface area contributed by atoms with E-state index in [9.17, 15) is 14.9 Å². The number of carbonyl (C=O) groups excluding carboxylic acids is 1. The number of nitrogens with two attached hydrogens (primary N) is 1. The Bertz CT molecular complexity index is 538. The molecule has 2 N–H and O–H groups in total. The monoisotopic (exact) mass is 314 g/mol. The van der Waals surface area contributed by atoms with Crippen molar-refractivity contribution in [2.24, 2.45) is 5.73 Å². The Kier molecular flexibility index (Phi) is 6.04. The van der Waals surface area contributed by atoms with Gasteiger partial charge in [0, 0.05) is 25.2 Å². The van der Waals surface area contributed by atoms with Gasteiger partial charge in [-0.25, -0.2) is 0 Å². The Morgan fingerprint density at radius 1 is 1.57 bits per heavy atom. The van der Waals surface area contributed by atoms with Gasteiger partial charge in [0.25, 0.3) is 11.6 Å². The SMILES string of the molecule is Cc1ncc([N+](=O)[O-])cc1C(=O)N1CCCCC1CN.Cl. The molecule has 21 heavy (non-hydrogen) atoms. The van der Waals surface area contributed by atoms with Gasteiger partial charge in [0.1, 0.15) is 6.20 Å². The number of carbonyl (C=O) groups is 1. The van der Waals surface area contributed by atoms with E-state index in [1.807, 2.05) is 0 Å². The molecule has 0 bridgehead atoms. The number of likely N-dealkylation sites (tertiary alicyclic amines) is 1. The van der Waals surface area contributed by atoms with Gasteiger partial charge in [-0.1, -0.05) is 0 Å². The highest BCUT2D eigenvalue weighted by molar-refractivity contribution is 5.96. The molecule has 1 unspecified atom stereocenters. The average molecular weight is 315 g/mol. The topological polar surface area (TPSA) is 102 Å². The van der Waals surface area contributed by atoms with E-state index in [2.05, 4.69) is 4.98 Å². The lowest BCUT2D eigenvalue weighted by Gasteiger charge is -2.35. The molecule has 0 aliphatic carbocycles. The molecule has 0 spiro atoms. The molecule has 1 aliphatic heterocycles. The number of amides is 1. The molecule has 1 aromatic rings. The molecule has 1 aliphatic rings. The van der Waals surface area contributed by atoms with Crippen LogP contribution >= 0.6 is 12.4 Å². The van der Waals surface area contributed by atoms with Gasteiger partial charge in [0.05, 0.1) is 16.2 Å². The summed E-state index contributed by atoms with van der Waals surface area (Å²) in [6, 6.07) is 1.31. The number of hydrogen-bond donors (Lipinski definition) is 1. The number of rotatable bonds is 3. The number of nitrogens with zero attached hydrogens (tertiary/aromatic N) is 3. The van der Waals surface area contributed by atoms with Gasteiger partial charge < -0.3 is 10.6 Å². The highest BCUT2D eigenvalue weighted by Crippen LogP contribution is 2.22. The fraction of sp³-hybridized carbons (Fsp3) is 0.538. The molecular formula is C13H19ClN4O3. The highest BCUT2D eigenvalue weighted by Gasteiger charge is 2.28. The van der Waals surface area contributed by atoms with E-state index in [-0.39, 0.29) is 30.0 Å². The van der Waals surface area contributed by atoms with Crippen LogP contribution in [0.4, 0.5) is 5.69 Å². The first-order valence-corrected chi connectivity index (χ1v) is 6.66. The average Bonchev–Trinajstić information content (AvgIpc) is 2.46. The van der Waals surface area contributed by atoms with E-state index >= 15 is 0 Å². The summed E-state index contributed by atoms with van der Waals surface area (Å²) in [4.78, 5) is 28.5. The lowest BCUT2D eigenvalue weighted by molar-refractivity contribution is -0.385. The van der Waals surface area contributed by atoms with Gasteiger partial charge >= 0.3 is 0 Å². The second-order valence-corrected chi connectivity index (χ2v) is 4.97. The van der Waals surface area contributed by atoms with Gasteiger partial charge in [-0.2, -0.15) is 0 Å². The van der Waals surface area contributed by atoms with E-state index < -0.39 is 4.92 Å². The largest absolute Gasteiger partial charge is 0.334 e. The van der Waals surface area contributed by atoms with E-state index in [0.717, 1.165) is 19.3 Å². The van der Waals surface area contributed by atoms with Crippen LogP contribution < -0.4 is 5.73 Å². The third kappa shape index (κ3) is 3.68. The van der Waals surface area contributed by atoms with Crippen LogP contribution in [-0.4, -0.2) is 39.8 Å². The molecule has 1 aromatic heterocycles. The lowest BCUT2D eigenvalue weighted by atomic mass is 10.0. The van der Waals surface area contributed by atoms with E-state index in [1.165, 1.54) is 12.3 Å². The summed E-state index contributed by atoms with van der Waals surface area (Å²) in [5.41, 5.74) is 6.33. The molecular weight excluding hydrogens is 296 g/mol. The maximum atomic E-state index is 12.6. The van der Waals surface area contributed by atoms with Crippen molar-refractivity contribution in [2.75, 3.05) is 13.1 Å². The molecule has 0 radical (unpaired) electrons. The Labute approximate surface area is 129 Å². The molecule has 1 fully saturated rings. The zero-order chi connectivity index (χ0) is 14.7. The molecule has 1 saturated heterocycles. The maximum absolute atomic E-state index is 12.6. The minimum absolute atomic E-state index is 0. The Hall–Kier alpha value is -1.73. The summed E-state index contributed by atoms with van der Waals surface area (Å²) >= 11 is 0. The Morgan fingerprint density at radius 2 is 2.29 bits per heavy atom. The van der Waals surface area contributed by atoms with Crippen molar-refractivity contribution in [2.45, 2.75) is 32.2 Å². The number of pyridine rings is 1. The fourth-order valence-electron chi connectivity index (χ4n) is 2.51. The number of piperidine rings is 1. The molecule has 2 heterocycles. The van der Waals surface area contributed by atoms with Crippen molar-refractivity contribution in [3.8, 4) is 0 Å². The van der Waals surface area contributed by atoms with Crippen LogP contribution in [0.15, 0.2) is 12.3 Å². The number of hydrogen-bond acceptors (Lipinski definition) is 5. The third-order valence-corrected chi connectivity index (χ3v) is 3.67. The van der Waals surface area contributed by atoms with Crippen molar-refractivity contribution < 1.29 is 9.72 Å². The highest BCUT2D eigenvalue weighted by atomic mass is 35.5. The molecule has 2 rings (SSSR count). The minimum atomic E-state index is -0.542. The van der Waals surface area contributed by atoms with Crippen molar-refractivity contribution in [3.05, 3.63) is 33.6 Å². The van der Waals surface area contributed by atoms with Crippen LogP contribution in [0.3, 0.4) is 0 Å². The quantitative estimate of drug-likeness (QED) is 0.675. The number of halogens is 1. The molecule has 1 atom stereocenters. The summed E-state index contributed by atoms with van der Waals surface area (Å²) in [6.07, 6.45) is 4.04. The first-order valence-electron chi connectivity index (χ1n) is 6.66. The van der Waals surface area contributed by atoms with Crippen LogP contribution in [0.1, 0.15) is 35.3 Å². The zero-order valence-electron chi connectivity index (χ0n) is 11.8. The summed E-state index contributed by atoms with van der Waals surface area (Å²) in [5.74, 6) is -0.214. The van der Waals surface area contributed by atoms with Crippen molar-refractivity contribution >= 4 is 24.0 Å². The van der Waals surface area contributed by atoms with Crippen molar-refractivity contribution in [1.29, 1.82) is 0 Å². The second-order valence-electron chi connectivity index (χ2n) is 4.97. The first-order chi connectivity index (χ1) is 9.54. The molecule has 0 aromatic carbocycles. The Balaban J connectivity index is 0.00000220. The summed E-state index contributed by atoms with van der Waals surface area (Å²) < 4.78 is 0. The second kappa shape index (κ2) is 7.33. The number of aryl methyl sites for hydroxylation is 1. The van der Waals surface area contributed by atoms with E-state index in [0.29, 0.717) is 24.3 Å². The predicted molar refractivity (Wildman–Crippen MR) is 80.6 cm³/mol. The van der Waals surface area contributed by atoms with Gasteiger partial charge in [-0.3, -0.25) is 19.9 Å². The predicted octanol–water partition coefficient (Wildman–Crippen LogP) is 1.67. The minimum Gasteiger partial charge on any atom is -0.334 e. The first kappa shape index (κ1) is 17.3. The van der Waals surface area contributed by atoms with Crippen LogP contribution in [-0.2, 0) is 0 Å². The Morgan fingerprint density at radius 3 is 2.90 bits per heavy atom. The molecule has 0 saturated carbocycles. The van der Waals surface area contributed by atoms with Gasteiger partial charge in [-0.15, -0.1) is 12.4 Å². The molecule has 116 valence electrons. The molecule has 8 heteroatoms. The standard InChI is InChI=1S/C13H18N4O3.ClH/c1-9-12(6-11(8-15-9)17(19)20)13(18)16-5-3-2-4-10(16)7-14;/h6,8,10H,2-5,7,14H2,1H3;1H. The summed E-state index contributed by atoms with van der Waals surface area (Å²) in [6.45, 7) is 2.73. The van der Waals surface area contributed by atoms with Gasteiger partial charge in [0.2, 0.25) is 0 Å². The van der Waals surface area contributed by atoms with Gasteiger partial charge in [0.15, 0.2) is 0 Å². The number of aromatic nitrogens is 1. The van der Waals surface area contributed by atoms with Crippen molar-refractivity contribution in [3.63, 3.8) is 0 Å². The van der Waals surface area contributed by atoms with Crippen molar-refractivity contribution in [1.82, 2.24) is 9.88 Å². The maximum Gasteiger partial charge on any atom is 0.288 e. The normalized spacial score (nSPS) is 18.0. The molecule has 1 amide bonds. The summed E-state index contributed by atoms with van der Waals surface area (Å²) in [5, 5.41) is 10.8. The van der Waals surface area contributed by atoms with E-state index in [1.54, 1.807) is 11.8 Å². The smallest absolute Gasteiger partial charge is 0.288 e. The van der Waals surface area contributed by atoms with Crippen LogP contribution in [0.25, 0.3) is 0 Å². The van der Waals surface area contributed by atoms with Crippen LogP contribution in [0.5, 0.6) is 0 Å². The third-order valence-electron chi connectivity index (χ3n) is 3.67. The molecule has 7 nitrogen and oxygen atoms in total. The fourth-order valence-corrected chi connectivity index (χ4v) is 2.51.